The van der Waals surface area contributed by atoms with Crippen LogP contribution in [0.15, 0.2) is 30.3 Å². The third-order valence-corrected chi connectivity index (χ3v) is 3.39. The summed E-state index contributed by atoms with van der Waals surface area (Å²) in [4.78, 5) is 4.53. The van der Waals surface area contributed by atoms with Gasteiger partial charge in [0.15, 0.2) is 11.6 Å². The van der Waals surface area contributed by atoms with Gasteiger partial charge < -0.3 is 5.32 Å². The molecule has 0 fully saturated rings. The van der Waals surface area contributed by atoms with E-state index in [0.29, 0.717) is 12.1 Å². The van der Waals surface area contributed by atoms with Gasteiger partial charge in [-0.15, -0.1) is 0 Å². The summed E-state index contributed by atoms with van der Waals surface area (Å²) >= 11 is 0. The maximum Gasteiger partial charge on any atom is 0.159 e. The monoisotopic (exact) mass is 260 g/mol. The number of pyridine rings is 1. The van der Waals surface area contributed by atoms with E-state index in [-0.39, 0.29) is 0 Å². The van der Waals surface area contributed by atoms with Crippen LogP contribution in [0.4, 0.5) is 14.6 Å². The summed E-state index contributed by atoms with van der Waals surface area (Å²) in [6.45, 7) is 0.434. The van der Waals surface area contributed by atoms with E-state index in [1.807, 2.05) is 6.07 Å². The van der Waals surface area contributed by atoms with Crippen molar-refractivity contribution in [2.24, 2.45) is 0 Å². The third kappa shape index (κ3) is 2.57. The van der Waals surface area contributed by atoms with Gasteiger partial charge in [-0.25, -0.2) is 13.8 Å². The number of fused-ring (bicyclic) bond motifs is 1. The Morgan fingerprint density at radius 2 is 1.95 bits per heavy atom. The number of hydrogen-bond acceptors (Lipinski definition) is 2. The molecule has 0 spiro atoms. The smallest absolute Gasteiger partial charge is 0.159 e. The summed E-state index contributed by atoms with van der Waals surface area (Å²) in [5.74, 6) is -0.856. The van der Waals surface area contributed by atoms with Gasteiger partial charge in [-0.2, -0.15) is 0 Å². The van der Waals surface area contributed by atoms with E-state index in [2.05, 4.69) is 16.4 Å². The molecule has 1 N–H and O–H groups in total. The Balaban J connectivity index is 1.70. The van der Waals surface area contributed by atoms with E-state index in [4.69, 9.17) is 0 Å². The minimum absolute atomic E-state index is 0.434. The lowest BCUT2D eigenvalue weighted by atomic mass is 10.2. The van der Waals surface area contributed by atoms with Crippen LogP contribution in [0.2, 0.25) is 0 Å². The fourth-order valence-electron chi connectivity index (χ4n) is 2.36. The molecule has 1 aliphatic rings. The highest BCUT2D eigenvalue weighted by Crippen LogP contribution is 2.21. The zero-order chi connectivity index (χ0) is 13.2. The zero-order valence-corrected chi connectivity index (χ0v) is 10.4. The number of nitrogens with zero attached hydrogens (tertiary/aromatic N) is 1. The molecule has 0 amide bonds. The highest BCUT2D eigenvalue weighted by molar-refractivity contribution is 5.41. The average molecular weight is 260 g/mol. The van der Waals surface area contributed by atoms with Gasteiger partial charge in [0, 0.05) is 12.2 Å². The van der Waals surface area contributed by atoms with Crippen LogP contribution in [0.25, 0.3) is 0 Å². The van der Waals surface area contributed by atoms with Crippen molar-refractivity contribution in [2.45, 2.75) is 25.8 Å². The Morgan fingerprint density at radius 1 is 1.05 bits per heavy atom. The Morgan fingerprint density at radius 3 is 2.79 bits per heavy atom. The van der Waals surface area contributed by atoms with Crippen molar-refractivity contribution in [3.05, 3.63) is 58.8 Å². The standard InChI is InChI=1S/C15H14F2N2/c16-12-6-4-10(8-13(12)17)9-18-15-7-5-11-2-1-3-14(11)19-15/h4-8H,1-3,9H2,(H,18,19). The largest absolute Gasteiger partial charge is 0.366 e. The van der Waals surface area contributed by atoms with Crippen LogP contribution in [-0.4, -0.2) is 4.98 Å². The van der Waals surface area contributed by atoms with Crippen molar-refractivity contribution in [2.75, 3.05) is 5.32 Å². The number of halogens is 2. The average Bonchev–Trinajstić information content (AvgIpc) is 2.87. The minimum atomic E-state index is -0.820. The second-order valence-corrected chi connectivity index (χ2v) is 4.76. The van der Waals surface area contributed by atoms with Crippen molar-refractivity contribution in [1.29, 1.82) is 0 Å². The summed E-state index contributed by atoms with van der Waals surface area (Å²) in [6.07, 6.45) is 3.29. The predicted octanol–water partition coefficient (Wildman–Crippen LogP) is 3.46. The van der Waals surface area contributed by atoms with Crippen molar-refractivity contribution >= 4 is 5.82 Å². The quantitative estimate of drug-likeness (QED) is 0.914. The molecule has 2 nitrogen and oxygen atoms in total. The molecule has 0 bridgehead atoms. The number of hydrogen-bond donors (Lipinski definition) is 1. The van der Waals surface area contributed by atoms with Crippen LogP contribution >= 0.6 is 0 Å². The summed E-state index contributed by atoms with van der Waals surface area (Å²) in [5, 5.41) is 3.14. The van der Waals surface area contributed by atoms with E-state index >= 15 is 0 Å². The molecule has 1 aromatic carbocycles. The van der Waals surface area contributed by atoms with Gasteiger partial charge in [-0.05, 0) is 48.6 Å². The number of benzene rings is 1. The first-order valence-electron chi connectivity index (χ1n) is 6.39. The molecule has 1 heterocycles. The molecule has 0 radical (unpaired) electrons. The van der Waals surface area contributed by atoms with Gasteiger partial charge in [0.25, 0.3) is 0 Å². The van der Waals surface area contributed by atoms with Crippen molar-refractivity contribution in [3.63, 3.8) is 0 Å². The first kappa shape index (κ1) is 12.1. The fourth-order valence-corrected chi connectivity index (χ4v) is 2.36. The molecule has 0 saturated carbocycles. The summed E-state index contributed by atoms with van der Waals surface area (Å²) < 4.78 is 25.9. The first-order valence-corrected chi connectivity index (χ1v) is 6.39. The number of anilines is 1. The summed E-state index contributed by atoms with van der Waals surface area (Å²) in [6, 6.07) is 7.93. The Bertz CT molecular complexity index is 611. The Kier molecular flexibility index (Phi) is 3.15. The molecule has 0 atom stereocenters. The molecule has 4 heteroatoms. The van der Waals surface area contributed by atoms with E-state index < -0.39 is 11.6 Å². The fraction of sp³-hybridized carbons (Fsp3) is 0.267. The van der Waals surface area contributed by atoms with Gasteiger partial charge in [0.1, 0.15) is 5.82 Å². The van der Waals surface area contributed by atoms with Gasteiger partial charge >= 0.3 is 0 Å². The van der Waals surface area contributed by atoms with Crippen LogP contribution in [0.3, 0.4) is 0 Å². The van der Waals surface area contributed by atoms with Gasteiger partial charge in [-0.3, -0.25) is 0 Å². The van der Waals surface area contributed by atoms with Gasteiger partial charge in [0.2, 0.25) is 0 Å². The lowest BCUT2D eigenvalue weighted by Crippen LogP contribution is -2.03. The SMILES string of the molecule is Fc1ccc(CNc2ccc3c(n2)CCC3)cc1F. The van der Waals surface area contributed by atoms with Crippen LogP contribution in [0.1, 0.15) is 23.2 Å². The van der Waals surface area contributed by atoms with Gasteiger partial charge in [-0.1, -0.05) is 12.1 Å². The highest BCUT2D eigenvalue weighted by Gasteiger charge is 2.12. The lowest BCUT2D eigenvalue weighted by Gasteiger charge is -2.08. The molecule has 1 aliphatic carbocycles. The van der Waals surface area contributed by atoms with Crippen LogP contribution < -0.4 is 5.32 Å². The minimum Gasteiger partial charge on any atom is -0.366 e. The second kappa shape index (κ2) is 4.96. The molecule has 2 aromatic rings. The highest BCUT2D eigenvalue weighted by atomic mass is 19.2. The normalized spacial score (nSPS) is 13.4. The Labute approximate surface area is 110 Å². The lowest BCUT2D eigenvalue weighted by molar-refractivity contribution is 0.507. The number of aromatic nitrogens is 1. The molecule has 19 heavy (non-hydrogen) atoms. The zero-order valence-electron chi connectivity index (χ0n) is 10.4. The van der Waals surface area contributed by atoms with Crippen molar-refractivity contribution in [1.82, 2.24) is 4.98 Å². The summed E-state index contributed by atoms with van der Waals surface area (Å²) in [5.41, 5.74) is 3.16. The van der Waals surface area contributed by atoms with E-state index in [9.17, 15) is 8.78 Å². The Hall–Kier alpha value is -1.97. The van der Waals surface area contributed by atoms with E-state index in [1.54, 1.807) is 6.07 Å². The topological polar surface area (TPSA) is 24.9 Å². The van der Waals surface area contributed by atoms with Crippen molar-refractivity contribution in [3.8, 4) is 0 Å². The van der Waals surface area contributed by atoms with Crippen LogP contribution in [0.5, 0.6) is 0 Å². The molecular weight excluding hydrogens is 246 g/mol. The van der Waals surface area contributed by atoms with Crippen LogP contribution in [-0.2, 0) is 19.4 Å². The molecule has 3 rings (SSSR count). The van der Waals surface area contributed by atoms with E-state index in [1.165, 1.54) is 11.6 Å². The first-order chi connectivity index (χ1) is 9.22. The predicted molar refractivity (Wildman–Crippen MR) is 69.9 cm³/mol. The van der Waals surface area contributed by atoms with Gasteiger partial charge in [0.05, 0.1) is 0 Å². The number of nitrogens with one attached hydrogen (secondary N) is 1. The third-order valence-electron chi connectivity index (χ3n) is 3.39. The molecule has 1 aromatic heterocycles. The van der Waals surface area contributed by atoms with Crippen molar-refractivity contribution < 1.29 is 8.78 Å². The molecule has 98 valence electrons. The molecule has 0 saturated heterocycles. The number of aryl methyl sites for hydroxylation is 2. The van der Waals surface area contributed by atoms with E-state index in [0.717, 1.165) is 36.8 Å². The van der Waals surface area contributed by atoms with Crippen LogP contribution in [0, 0.1) is 11.6 Å². The summed E-state index contributed by atoms with van der Waals surface area (Å²) in [7, 11) is 0. The maximum absolute atomic E-state index is 13.1. The second-order valence-electron chi connectivity index (χ2n) is 4.76. The maximum atomic E-state index is 13.1. The number of rotatable bonds is 3. The molecule has 0 aliphatic heterocycles. The molecular formula is C15H14F2N2. The molecule has 0 unspecified atom stereocenters.